The average molecular weight is 510 g/mol. The summed E-state index contributed by atoms with van der Waals surface area (Å²) in [5.74, 6) is 0. The van der Waals surface area contributed by atoms with E-state index in [4.69, 9.17) is 4.98 Å². The van der Waals surface area contributed by atoms with Crippen LogP contribution >= 0.6 is 0 Å². The van der Waals surface area contributed by atoms with E-state index < -0.39 is 0 Å². The number of nitrogens with zero attached hydrogens (tertiary/aromatic N) is 3. The van der Waals surface area contributed by atoms with Crippen LogP contribution in [0.5, 0.6) is 0 Å². The van der Waals surface area contributed by atoms with Gasteiger partial charge < -0.3 is 8.97 Å². The summed E-state index contributed by atoms with van der Waals surface area (Å²) < 4.78 is 4.81. The molecule has 186 valence electrons. The van der Waals surface area contributed by atoms with Crippen molar-refractivity contribution < 1.29 is 0 Å². The van der Waals surface area contributed by atoms with Crippen molar-refractivity contribution in [2.45, 2.75) is 0 Å². The summed E-state index contributed by atoms with van der Waals surface area (Å²) >= 11 is 0. The monoisotopic (exact) mass is 509 g/mol. The first-order valence-corrected chi connectivity index (χ1v) is 13.6. The Kier molecular flexibility index (Phi) is 4.33. The predicted molar refractivity (Wildman–Crippen MR) is 167 cm³/mol. The van der Waals surface area contributed by atoms with E-state index in [-0.39, 0.29) is 0 Å². The molecule has 0 aliphatic carbocycles. The molecule has 5 aromatic carbocycles. The predicted octanol–water partition coefficient (Wildman–Crippen LogP) is 9.56. The Morgan fingerprint density at radius 2 is 1.05 bits per heavy atom. The van der Waals surface area contributed by atoms with Gasteiger partial charge in [-0.15, -0.1) is 0 Å². The van der Waals surface area contributed by atoms with Crippen molar-refractivity contribution in [1.29, 1.82) is 0 Å². The highest BCUT2D eigenvalue weighted by atomic mass is 15.0. The number of fused-ring (bicyclic) bond motifs is 11. The molecule has 0 unspecified atom stereocenters. The number of pyridine rings is 2. The fourth-order valence-electron chi connectivity index (χ4n) is 6.58. The van der Waals surface area contributed by atoms with E-state index >= 15 is 0 Å². The third-order valence-electron chi connectivity index (χ3n) is 8.32. The zero-order valence-corrected chi connectivity index (χ0v) is 21.6. The number of hydrogen-bond donors (Lipinski definition) is 0. The van der Waals surface area contributed by atoms with Crippen LogP contribution in [0.15, 0.2) is 140 Å². The van der Waals surface area contributed by atoms with Crippen molar-refractivity contribution >= 4 is 59.9 Å². The summed E-state index contributed by atoms with van der Waals surface area (Å²) in [6.45, 7) is 0. The first kappa shape index (κ1) is 21.5. The first-order valence-electron chi connectivity index (χ1n) is 13.6. The van der Waals surface area contributed by atoms with Crippen molar-refractivity contribution in [3.63, 3.8) is 0 Å². The maximum atomic E-state index is 4.69. The summed E-state index contributed by atoms with van der Waals surface area (Å²) in [5, 5.41) is 7.55. The fraction of sp³-hybridized carbons (Fsp3) is 0. The number of para-hydroxylation sites is 2. The maximum absolute atomic E-state index is 4.69. The molecular weight excluding hydrogens is 486 g/mol. The lowest BCUT2D eigenvalue weighted by Crippen LogP contribution is -1.97. The second-order valence-electron chi connectivity index (χ2n) is 10.5. The maximum Gasteiger partial charge on any atom is 0.0651 e. The van der Waals surface area contributed by atoms with Gasteiger partial charge in [-0.1, -0.05) is 91.0 Å². The molecular formula is C37H23N3. The standard InChI is InChI=1S/C37H23N3/c1-2-10-24(11-3-1)26-18-27(23-38-22-26)39-34-17-9-7-15-30(34)32-20-31-28-13-5-6-14-29(28)35-19-25-12-4-8-16-33(25)40(35)37(31)21-36(32)39/h1-23H. The SMILES string of the molecule is c1ccc(-c2cncc(-n3c4ccccc4c4cc5c6ccccc6c6cc7ccccc7n6c5cc43)c2)cc1. The summed E-state index contributed by atoms with van der Waals surface area (Å²) in [7, 11) is 0. The molecule has 0 radical (unpaired) electrons. The Morgan fingerprint density at radius 1 is 0.400 bits per heavy atom. The number of benzene rings is 5. The lowest BCUT2D eigenvalue weighted by atomic mass is 10.0. The van der Waals surface area contributed by atoms with Gasteiger partial charge in [-0.2, -0.15) is 0 Å². The van der Waals surface area contributed by atoms with Gasteiger partial charge in [-0.05, 0) is 47.3 Å². The molecule has 0 N–H and O–H groups in total. The molecule has 0 aliphatic heterocycles. The van der Waals surface area contributed by atoms with Gasteiger partial charge in [0.15, 0.2) is 0 Å². The van der Waals surface area contributed by atoms with E-state index in [1.54, 1.807) is 0 Å². The summed E-state index contributed by atoms with van der Waals surface area (Å²) in [5.41, 5.74) is 9.35. The van der Waals surface area contributed by atoms with E-state index in [0.29, 0.717) is 0 Å². The van der Waals surface area contributed by atoms with Gasteiger partial charge in [0.25, 0.3) is 0 Å². The molecule has 0 fully saturated rings. The third kappa shape index (κ3) is 2.92. The molecule has 4 aromatic heterocycles. The molecule has 4 heterocycles. The molecule has 0 amide bonds. The second-order valence-corrected chi connectivity index (χ2v) is 10.5. The molecule has 0 saturated carbocycles. The average Bonchev–Trinajstić information content (AvgIpc) is 3.57. The van der Waals surface area contributed by atoms with Crippen LogP contribution in [0.1, 0.15) is 0 Å². The molecule has 0 saturated heterocycles. The molecule has 0 bridgehead atoms. The largest absolute Gasteiger partial charge is 0.309 e. The number of hydrogen-bond acceptors (Lipinski definition) is 1. The van der Waals surface area contributed by atoms with Crippen LogP contribution < -0.4 is 0 Å². The highest BCUT2D eigenvalue weighted by Crippen LogP contribution is 2.40. The third-order valence-corrected chi connectivity index (χ3v) is 8.32. The van der Waals surface area contributed by atoms with Crippen molar-refractivity contribution in [3.8, 4) is 16.8 Å². The summed E-state index contributed by atoms with van der Waals surface area (Å²) in [6.07, 6.45) is 3.92. The van der Waals surface area contributed by atoms with E-state index in [9.17, 15) is 0 Å². The zero-order valence-electron chi connectivity index (χ0n) is 21.6. The van der Waals surface area contributed by atoms with Crippen LogP contribution in [-0.4, -0.2) is 14.0 Å². The zero-order chi connectivity index (χ0) is 26.2. The number of rotatable bonds is 2. The van der Waals surface area contributed by atoms with Crippen LogP contribution in [0.4, 0.5) is 0 Å². The molecule has 9 aromatic rings. The van der Waals surface area contributed by atoms with Gasteiger partial charge in [-0.3, -0.25) is 4.98 Å². The quantitative estimate of drug-likeness (QED) is 0.213. The topological polar surface area (TPSA) is 22.2 Å². The van der Waals surface area contributed by atoms with Gasteiger partial charge in [0, 0.05) is 38.7 Å². The van der Waals surface area contributed by atoms with Crippen LogP contribution in [0.25, 0.3) is 76.7 Å². The van der Waals surface area contributed by atoms with Crippen molar-refractivity contribution in [1.82, 2.24) is 14.0 Å². The first-order chi connectivity index (χ1) is 19.8. The second kappa shape index (κ2) is 8.05. The lowest BCUT2D eigenvalue weighted by Gasteiger charge is -2.13. The minimum Gasteiger partial charge on any atom is -0.309 e. The fourth-order valence-corrected chi connectivity index (χ4v) is 6.58. The molecule has 0 aliphatic rings. The molecule has 3 nitrogen and oxygen atoms in total. The summed E-state index contributed by atoms with van der Waals surface area (Å²) in [6, 6.07) is 46.0. The van der Waals surface area contributed by atoms with Crippen molar-refractivity contribution in [2.75, 3.05) is 0 Å². The lowest BCUT2D eigenvalue weighted by molar-refractivity contribution is 1.14. The van der Waals surface area contributed by atoms with Crippen LogP contribution in [-0.2, 0) is 0 Å². The Balaban J connectivity index is 1.47. The Morgan fingerprint density at radius 3 is 1.90 bits per heavy atom. The highest BCUT2D eigenvalue weighted by Gasteiger charge is 2.18. The molecule has 3 heteroatoms. The Hall–Kier alpha value is -5.41. The molecule has 0 atom stereocenters. The van der Waals surface area contributed by atoms with Crippen molar-refractivity contribution in [2.24, 2.45) is 0 Å². The van der Waals surface area contributed by atoms with Gasteiger partial charge in [-0.25, -0.2) is 0 Å². The minimum absolute atomic E-state index is 1.06. The van der Waals surface area contributed by atoms with Gasteiger partial charge in [0.1, 0.15) is 0 Å². The molecule has 0 spiro atoms. The molecule has 9 rings (SSSR count). The van der Waals surface area contributed by atoms with Gasteiger partial charge >= 0.3 is 0 Å². The highest BCUT2D eigenvalue weighted by molar-refractivity contribution is 6.21. The minimum atomic E-state index is 1.06. The van der Waals surface area contributed by atoms with Crippen LogP contribution in [0, 0.1) is 0 Å². The van der Waals surface area contributed by atoms with E-state index in [2.05, 4.69) is 130 Å². The van der Waals surface area contributed by atoms with Crippen molar-refractivity contribution in [3.05, 3.63) is 140 Å². The summed E-state index contributed by atoms with van der Waals surface area (Å²) in [4.78, 5) is 4.69. The van der Waals surface area contributed by atoms with Gasteiger partial charge in [0.05, 0.1) is 39.5 Å². The molecule has 40 heavy (non-hydrogen) atoms. The van der Waals surface area contributed by atoms with Crippen LogP contribution in [0.3, 0.4) is 0 Å². The van der Waals surface area contributed by atoms with Gasteiger partial charge in [0.2, 0.25) is 0 Å². The normalized spacial score (nSPS) is 12.0. The van der Waals surface area contributed by atoms with E-state index in [0.717, 1.165) is 16.8 Å². The van der Waals surface area contributed by atoms with Crippen LogP contribution in [0.2, 0.25) is 0 Å². The Bertz CT molecular complexity index is 2430. The number of aromatic nitrogens is 3. The smallest absolute Gasteiger partial charge is 0.0651 e. The van der Waals surface area contributed by atoms with E-state index in [1.165, 1.54) is 59.9 Å². The Labute approximate surface area is 230 Å². The van der Waals surface area contributed by atoms with E-state index in [1.807, 2.05) is 18.5 Å².